The van der Waals surface area contributed by atoms with Crippen molar-refractivity contribution in [2.75, 3.05) is 25.0 Å². The smallest absolute Gasteiger partial charge is 0.0836 e. The summed E-state index contributed by atoms with van der Waals surface area (Å²) in [5.41, 5.74) is 7.82. The van der Waals surface area contributed by atoms with Crippen molar-refractivity contribution >= 4 is 5.69 Å². The van der Waals surface area contributed by atoms with E-state index in [1.165, 1.54) is 5.56 Å². The van der Waals surface area contributed by atoms with Crippen LogP contribution in [-0.2, 0) is 0 Å². The van der Waals surface area contributed by atoms with Crippen LogP contribution in [0.15, 0.2) is 24.3 Å². The minimum atomic E-state index is -0.463. The number of nitrogens with two attached hydrogens (primary N) is 1. The first-order chi connectivity index (χ1) is 7.54. The van der Waals surface area contributed by atoms with E-state index in [0.717, 1.165) is 5.69 Å². The van der Waals surface area contributed by atoms with Gasteiger partial charge in [0.2, 0.25) is 0 Å². The molecule has 0 amide bonds. The monoisotopic (exact) mass is 222 g/mol. The van der Waals surface area contributed by atoms with E-state index in [9.17, 15) is 5.11 Å². The maximum Gasteiger partial charge on any atom is 0.0836 e. The molecule has 0 fully saturated rings. The second kappa shape index (κ2) is 5.87. The molecule has 1 aromatic rings. The first kappa shape index (κ1) is 13.0. The van der Waals surface area contributed by atoms with E-state index in [-0.39, 0.29) is 0 Å². The molecule has 0 aliphatic carbocycles. The largest absolute Gasteiger partial charge is 0.390 e. The quantitative estimate of drug-likeness (QED) is 0.795. The molecule has 0 saturated carbocycles. The highest BCUT2D eigenvalue weighted by Gasteiger charge is 2.07. The molecule has 0 saturated heterocycles. The third kappa shape index (κ3) is 3.51. The minimum Gasteiger partial charge on any atom is -0.390 e. The topological polar surface area (TPSA) is 49.5 Å². The summed E-state index contributed by atoms with van der Waals surface area (Å²) >= 11 is 0. The van der Waals surface area contributed by atoms with Crippen LogP contribution in [0, 0.1) is 0 Å². The number of aliphatic hydroxyl groups excluding tert-OH is 1. The molecule has 0 radical (unpaired) electrons. The molecule has 0 aliphatic heterocycles. The summed E-state index contributed by atoms with van der Waals surface area (Å²) in [7, 11) is 1.96. The van der Waals surface area contributed by atoms with Gasteiger partial charge < -0.3 is 15.7 Å². The van der Waals surface area contributed by atoms with Crippen LogP contribution >= 0.6 is 0 Å². The van der Waals surface area contributed by atoms with Gasteiger partial charge in [0, 0.05) is 25.8 Å². The zero-order chi connectivity index (χ0) is 12.1. The fraction of sp³-hybridized carbons (Fsp3) is 0.538. The van der Waals surface area contributed by atoms with Crippen LogP contribution < -0.4 is 10.6 Å². The van der Waals surface area contributed by atoms with E-state index in [4.69, 9.17) is 5.73 Å². The van der Waals surface area contributed by atoms with E-state index in [2.05, 4.69) is 38.1 Å². The Hall–Kier alpha value is -1.06. The van der Waals surface area contributed by atoms with Crippen molar-refractivity contribution in [2.45, 2.75) is 25.9 Å². The van der Waals surface area contributed by atoms with Crippen LogP contribution in [0.3, 0.4) is 0 Å². The zero-order valence-electron chi connectivity index (χ0n) is 10.4. The van der Waals surface area contributed by atoms with Gasteiger partial charge in [-0.2, -0.15) is 0 Å². The maximum absolute atomic E-state index is 9.47. The Morgan fingerprint density at radius 2 is 1.81 bits per heavy atom. The molecule has 3 heteroatoms. The Balaban J connectivity index is 2.66. The van der Waals surface area contributed by atoms with Gasteiger partial charge in [-0.25, -0.2) is 0 Å². The molecular formula is C13H22N2O. The summed E-state index contributed by atoms with van der Waals surface area (Å²) in [4.78, 5) is 2.02. The molecule has 0 heterocycles. The zero-order valence-corrected chi connectivity index (χ0v) is 10.4. The molecule has 0 spiro atoms. The van der Waals surface area contributed by atoms with Crippen LogP contribution in [0.1, 0.15) is 25.3 Å². The first-order valence-electron chi connectivity index (χ1n) is 5.73. The lowest BCUT2D eigenvalue weighted by Gasteiger charge is -2.22. The number of rotatable bonds is 5. The summed E-state index contributed by atoms with van der Waals surface area (Å²) in [5.74, 6) is 0.550. The summed E-state index contributed by atoms with van der Waals surface area (Å²) in [5, 5.41) is 9.47. The normalized spacial score (nSPS) is 12.9. The standard InChI is InChI=1S/C13H22N2O/c1-10(2)11-4-6-12(7-5-11)15(3)9-13(16)8-14/h4-7,10,13,16H,8-9,14H2,1-3H3. The Morgan fingerprint density at radius 1 is 1.25 bits per heavy atom. The van der Waals surface area contributed by atoms with Gasteiger partial charge in [0.15, 0.2) is 0 Å². The Morgan fingerprint density at radius 3 is 2.25 bits per heavy atom. The maximum atomic E-state index is 9.47. The Labute approximate surface area is 97.9 Å². The summed E-state index contributed by atoms with van der Waals surface area (Å²) < 4.78 is 0. The number of nitrogens with zero attached hydrogens (tertiary/aromatic N) is 1. The van der Waals surface area contributed by atoms with Gasteiger partial charge in [0.25, 0.3) is 0 Å². The Kier molecular flexibility index (Phi) is 4.77. The predicted octanol–water partition coefficient (Wildman–Crippen LogP) is 1.57. The van der Waals surface area contributed by atoms with Crippen molar-refractivity contribution in [1.29, 1.82) is 0 Å². The molecule has 16 heavy (non-hydrogen) atoms. The number of likely N-dealkylation sites (N-methyl/N-ethyl adjacent to an activating group) is 1. The molecule has 1 unspecified atom stereocenters. The number of aliphatic hydroxyl groups is 1. The molecule has 90 valence electrons. The van der Waals surface area contributed by atoms with Crippen molar-refractivity contribution < 1.29 is 5.11 Å². The van der Waals surface area contributed by atoms with Crippen molar-refractivity contribution in [1.82, 2.24) is 0 Å². The lowest BCUT2D eigenvalue weighted by Crippen LogP contribution is -2.34. The number of anilines is 1. The lowest BCUT2D eigenvalue weighted by molar-refractivity contribution is 0.189. The third-order valence-electron chi connectivity index (χ3n) is 2.76. The van der Waals surface area contributed by atoms with Gasteiger partial charge in [0.05, 0.1) is 6.10 Å². The number of benzene rings is 1. The van der Waals surface area contributed by atoms with Crippen LogP contribution in [0.2, 0.25) is 0 Å². The average molecular weight is 222 g/mol. The second-order valence-electron chi connectivity index (χ2n) is 4.52. The van der Waals surface area contributed by atoms with Gasteiger partial charge in [0.1, 0.15) is 0 Å². The molecule has 0 bridgehead atoms. The van der Waals surface area contributed by atoms with Crippen LogP contribution in [0.5, 0.6) is 0 Å². The van der Waals surface area contributed by atoms with Crippen molar-refractivity contribution in [2.24, 2.45) is 5.73 Å². The van der Waals surface area contributed by atoms with E-state index in [1.807, 2.05) is 11.9 Å². The highest BCUT2D eigenvalue weighted by molar-refractivity contribution is 5.47. The van der Waals surface area contributed by atoms with Crippen molar-refractivity contribution in [3.8, 4) is 0 Å². The van der Waals surface area contributed by atoms with Crippen LogP contribution in [-0.4, -0.2) is 31.3 Å². The average Bonchev–Trinajstić information content (AvgIpc) is 2.28. The highest BCUT2D eigenvalue weighted by Crippen LogP contribution is 2.19. The molecule has 1 rings (SSSR count). The van der Waals surface area contributed by atoms with E-state index >= 15 is 0 Å². The summed E-state index contributed by atoms with van der Waals surface area (Å²) in [6.45, 7) is 5.22. The lowest BCUT2D eigenvalue weighted by atomic mass is 10.0. The fourth-order valence-corrected chi connectivity index (χ4v) is 1.61. The number of hydrogen-bond acceptors (Lipinski definition) is 3. The van der Waals surface area contributed by atoms with Gasteiger partial charge >= 0.3 is 0 Å². The molecule has 3 N–H and O–H groups in total. The highest BCUT2D eigenvalue weighted by atomic mass is 16.3. The first-order valence-corrected chi connectivity index (χ1v) is 5.73. The third-order valence-corrected chi connectivity index (χ3v) is 2.76. The van der Waals surface area contributed by atoms with Crippen molar-refractivity contribution in [3.05, 3.63) is 29.8 Å². The van der Waals surface area contributed by atoms with Crippen molar-refractivity contribution in [3.63, 3.8) is 0 Å². The molecule has 3 nitrogen and oxygen atoms in total. The van der Waals surface area contributed by atoms with Gasteiger partial charge in [-0.1, -0.05) is 26.0 Å². The van der Waals surface area contributed by atoms with E-state index in [0.29, 0.717) is 19.0 Å². The second-order valence-corrected chi connectivity index (χ2v) is 4.52. The van der Waals surface area contributed by atoms with Gasteiger partial charge in [-0.05, 0) is 23.6 Å². The Bertz CT molecular complexity index is 308. The summed E-state index contributed by atoms with van der Waals surface area (Å²) in [6.07, 6.45) is -0.463. The minimum absolute atomic E-state index is 0.300. The van der Waals surface area contributed by atoms with Crippen LogP contribution in [0.25, 0.3) is 0 Å². The van der Waals surface area contributed by atoms with Gasteiger partial charge in [-0.15, -0.1) is 0 Å². The molecular weight excluding hydrogens is 200 g/mol. The van der Waals surface area contributed by atoms with E-state index < -0.39 is 6.10 Å². The predicted molar refractivity (Wildman–Crippen MR) is 68.9 cm³/mol. The van der Waals surface area contributed by atoms with Crippen LogP contribution in [0.4, 0.5) is 5.69 Å². The molecule has 1 aromatic carbocycles. The van der Waals surface area contributed by atoms with E-state index in [1.54, 1.807) is 0 Å². The SMILES string of the molecule is CC(C)c1ccc(N(C)CC(O)CN)cc1. The molecule has 1 atom stereocenters. The number of hydrogen-bond donors (Lipinski definition) is 2. The molecule has 0 aromatic heterocycles. The van der Waals surface area contributed by atoms with Gasteiger partial charge in [-0.3, -0.25) is 0 Å². The fourth-order valence-electron chi connectivity index (χ4n) is 1.61. The summed E-state index contributed by atoms with van der Waals surface area (Å²) in [6, 6.07) is 8.42. The molecule has 0 aliphatic rings.